The van der Waals surface area contributed by atoms with Crippen LogP contribution in [-0.2, 0) is 14.4 Å². The summed E-state index contributed by atoms with van der Waals surface area (Å²) in [5.74, 6) is -1.14. The van der Waals surface area contributed by atoms with E-state index in [0.717, 1.165) is 0 Å². The molecule has 0 radical (unpaired) electrons. The van der Waals surface area contributed by atoms with E-state index < -0.39 is 18.1 Å². The number of hydrazine groups is 1. The second-order valence-corrected chi connectivity index (χ2v) is 5.94. The van der Waals surface area contributed by atoms with Crippen molar-refractivity contribution >= 4 is 17.8 Å². The summed E-state index contributed by atoms with van der Waals surface area (Å²) in [5, 5.41) is 11.2. The van der Waals surface area contributed by atoms with E-state index in [2.05, 4.69) is 10.7 Å². The molecule has 120 valence electrons. The van der Waals surface area contributed by atoms with Gasteiger partial charge in [0.2, 0.25) is 5.91 Å². The fraction of sp³-hybridized carbons (Fsp3) is 0.786. The monoisotopic (exact) mass is 300 g/mol. The molecule has 1 heterocycles. The average Bonchev–Trinajstić information content (AvgIpc) is 2.45. The summed E-state index contributed by atoms with van der Waals surface area (Å²) < 4.78 is 0. The Bertz CT molecular complexity index is 411. The van der Waals surface area contributed by atoms with Crippen LogP contribution in [0, 0.1) is 11.8 Å². The Morgan fingerprint density at radius 2 is 1.86 bits per heavy atom. The lowest BCUT2D eigenvalue weighted by Gasteiger charge is -2.32. The molecule has 1 rings (SSSR count). The zero-order chi connectivity index (χ0) is 16.2. The van der Waals surface area contributed by atoms with E-state index in [0.29, 0.717) is 19.4 Å². The Morgan fingerprint density at radius 1 is 1.24 bits per heavy atom. The van der Waals surface area contributed by atoms with Gasteiger partial charge in [0.05, 0.1) is 0 Å². The lowest BCUT2D eigenvalue weighted by Crippen LogP contribution is -2.59. The first-order valence-electron chi connectivity index (χ1n) is 7.37. The smallest absolute Gasteiger partial charge is 0.534 e. The van der Waals surface area contributed by atoms with Crippen molar-refractivity contribution in [3.8, 4) is 0 Å². The van der Waals surface area contributed by atoms with E-state index in [-0.39, 0.29) is 23.7 Å². The maximum atomic E-state index is 12.3. The third-order valence-corrected chi connectivity index (χ3v) is 3.91. The molecule has 0 saturated carbocycles. The van der Waals surface area contributed by atoms with Gasteiger partial charge >= 0.3 is 5.97 Å². The van der Waals surface area contributed by atoms with Crippen molar-refractivity contribution < 1.29 is 19.5 Å². The van der Waals surface area contributed by atoms with E-state index in [1.807, 2.05) is 20.8 Å². The summed E-state index contributed by atoms with van der Waals surface area (Å²) >= 11 is 0. The highest BCUT2D eigenvalue weighted by Gasteiger charge is 2.34. The molecule has 3 atom stereocenters. The fourth-order valence-electron chi connectivity index (χ4n) is 2.08. The summed E-state index contributed by atoms with van der Waals surface area (Å²) in [7, 11) is 0. The van der Waals surface area contributed by atoms with E-state index in [1.165, 1.54) is 5.01 Å². The first-order valence-corrected chi connectivity index (χ1v) is 7.37. The maximum absolute atomic E-state index is 12.3. The molecular formula is C14H26N3O4+. The molecule has 1 fully saturated rings. The zero-order valence-electron chi connectivity index (χ0n) is 13.1. The highest BCUT2D eigenvalue weighted by molar-refractivity contribution is 5.88. The van der Waals surface area contributed by atoms with Crippen LogP contribution in [-0.4, -0.2) is 46.5 Å². The number of carbonyl (C=O) groups is 3. The van der Waals surface area contributed by atoms with Gasteiger partial charge in [0.15, 0.2) is 6.04 Å². The second kappa shape index (κ2) is 7.40. The predicted molar refractivity (Wildman–Crippen MR) is 78.1 cm³/mol. The van der Waals surface area contributed by atoms with Crippen LogP contribution in [0.2, 0.25) is 0 Å². The molecule has 0 bridgehead atoms. The van der Waals surface area contributed by atoms with Gasteiger partial charge in [-0.3, -0.25) is 14.6 Å². The van der Waals surface area contributed by atoms with Crippen molar-refractivity contribution in [3.63, 3.8) is 0 Å². The Kier molecular flexibility index (Phi) is 6.14. The fourth-order valence-corrected chi connectivity index (χ4v) is 2.08. The maximum Gasteiger partial charge on any atom is 0.534 e. The third kappa shape index (κ3) is 4.70. The molecule has 1 aliphatic rings. The highest BCUT2D eigenvalue weighted by Crippen LogP contribution is 2.11. The number of amides is 2. The minimum Gasteiger partial charge on any atom is -0.563 e. The molecule has 21 heavy (non-hydrogen) atoms. The van der Waals surface area contributed by atoms with Gasteiger partial charge in [-0.2, -0.15) is 0 Å². The summed E-state index contributed by atoms with van der Waals surface area (Å²) in [6.45, 7) is 7.83. The van der Waals surface area contributed by atoms with E-state index >= 15 is 0 Å². The Morgan fingerprint density at radius 3 is 2.38 bits per heavy atom. The largest absolute Gasteiger partial charge is 0.563 e. The average molecular weight is 300 g/mol. The third-order valence-electron chi connectivity index (χ3n) is 3.91. The van der Waals surface area contributed by atoms with E-state index in [9.17, 15) is 14.4 Å². The predicted octanol–water partition coefficient (Wildman–Crippen LogP) is -0.470. The van der Waals surface area contributed by atoms with Gasteiger partial charge in [0.1, 0.15) is 6.04 Å². The molecule has 2 amide bonds. The summed E-state index contributed by atoms with van der Waals surface area (Å²) in [6, 6.07) is -1.30. The number of nitrogens with zero attached hydrogens (tertiary/aromatic N) is 1. The Hall–Kier alpha value is -1.63. The topological polar surface area (TPSA) is 101 Å². The number of nitrogens with one attached hydrogen (secondary N) is 2. The van der Waals surface area contributed by atoms with Crippen LogP contribution >= 0.6 is 0 Å². The molecule has 0 aromatic carbocycles. The van der Waals surface area contributed by atoms with Gasteiger partial charge in [-0.25, -0.2) is 5.43 Å². The Balaban J connectivity index is 2.57. The molecule has 4 N–H and O–H groups in total. The van der Waals surface area contributed by atoms with Crippen molar-refractivity contribution in [2.45, 2.75) is 52.6 Å². The summed E-state index contributed by atoms with van der Waals surface area (Å²) in [6.07, 6.45) is 1.22. The molecule has 1 saturated heterocycles. The molecule has 1 aliphatic heterocycles. The highest BCUT2D eigenvalue weighted by atomic mass is 16.4. The molecule has 7 nitrogen and oxygen atoms in total. The van der Waals surface area contributed by atoms with Gasteiger partial charge < -0.3 is 10.4 Å². The van der Waals surface area contributed by atoms with Crippen LogP contribution in [0.4, 0.5) is 0 Å². The normalized spacial score (nSPS) is 21.8. The molecule has 0 aromatic heterocycles. The van der Waals surface area contributed by atoms with Crippen molar-refractivity contribution in [2.24, 2.45) is 11.8 Å². The quantitative estimate of drug-likeness (QED) is 0.670. The van der Waals surface area contributed by atoms with Gasteiger partial charge in [0, 0.05) is 17.3 Å². The summed E-state index contributed by atoms with van der Waals surface area (Å²) in [4.78, 5) is 35.3. The molecule has 0 aromatic rings. The van der Waals surface area contributed by atoms with E-state index in [4.69, 9.17) is 5.11 Å². The van der Waals surface area contributed by atoms with Crippen LogP contribution in [0.15, 0.2) is 0 Å². The molecular weight excluding hydrogens is 274 g/mol. The van der Waals surface area contributed by atoms with Gasteiger partial charge in [-0.1, -0.05) is 20.8 Å². The zero-order valence-corrected chi connectivity index (χ0v) is 13.1. The minimum atomic E-state index is -0.724. The van der Waals surface area contributed by atoms with Crippen LogP contribution < -0.4 is 10.7 Å². The van der Waals surface area contributed by atoms with Gasteiger partial charge in [-0.05, 0) is 25.7 Å². The first-order chi connectivity index (χ1) is 9.73. The molecule has 1 unspecified atom stereocenters. The lowest BCUT2D eigenvalue weighted by atomic mass is 9.97. The molecule has 7 heteroatoms. The number of hydrogen-bond acceptors (Lipinski definition) is 4. The minimum absolute atomic E-state index is 0.157. The van der Waals surface area contributed by atoms with Crippen LogP contribution in [0.1, 0.15) is 40.5 Å². The first kappa shape index (κ1) is 17.4. The second-order valence-electron chi connectivity index (χ2n) is 5.94. The Labute approximate surface area is 125 Å². The van der Waals surface area contributed by atoms with E-state index in [1.54, 1.807) is 6.92 Å². The molecule has 0 aliphatic carbocycles. The van der Waals surface area contributed by atoms with Crippen molar-refractivity contribution in [1.82, 2.24) is 15.8 Å². The van der Waals surface area contributed by atoms with Crippen LogP contribution in [0.25, 0.3) is 0 Å². The molecule has 0 spiro atoms. The number of hydrogen-bond donors (Lipinski definition) is 2. The van der Waals surface area contributed by atoms with Crippen LogP contribution in [0.3, 0.4) is 0 Å². The number of carbonyl (C=O) groups excluding carboxylic acids is 3. The van der Waals surface area contributed by atoms with Crippen LogP contribution in [0.5, 0.6) is 0 Å². The van der Waals surface area contributed by atoms with Crippen molar-refractivity contribution in [3.05, 3.63) is 0 Å². The standard InChI is InChI=1S/C14H25N3O4/c1-8(2)9(3)12(18)15-10(4)13(19)17-7-5-6-11(16-17)14(20)21/h8-11,16H,5-7H2,1-4H3,(H,15,18)(H,20,21)/p+1/t9-,10?,11-/m0/s1. The van der Waals surface area contributed by atoms with Crippen molar-refractivity contribution in [2.75, 3.05) is 6.54 Å². The SMILES string of the molecule is CC(NC(=O)[C@@H](C)C(C)C)C(=O)N1CCC[C@@H](C(=O)[OH2+])N1. The van der Waals surface area contributed by atoms with Gasteiger partial charge in [0.25, 0.3) is 5.91 Å². The summed E-state index contributed by atoms with van der Waals surface area (Å²) in [5.41, 5.74) is 2.75. The van der Waals surface area contributed by atoms with Gasteiger partial charge in [-0.15, -0.1) is 0 Å². The van der Waals surface area contributed by atoms with Crippen molar-refractivity contribution in [1.29, 1.82) is 0 Å². The number of rotatable bonds is 5. The lowest BCUT2D eigenvalue weighted by molar-refractivity contribution is -0.148.